The van der Waals surface area contributed by atoms with Crippen LogP contribution in [0.5, 0.6) is 0 Å². The van der Waals surface area contributed by atoms with Gasteiger partial charge in [-0.2, -0.15) is 0 Å². The highest BCUT2D eigenvalue weighted by Gasteiger charge is 2.23. The summed E-state index contributed by atoms with van der Waals surface area (Å²) in [6.45, 7) is 6.02. The number of hydrogen-bond donors (Lipinski definition) is 2. The number of hydrogen-bond acceptors (Lipinski definition) is 3. The molecule has 0 saturated heterocycles. The maximum atomic E-state index is 12.3. The Bertz CT molecular complexity index is 527. The summed E-state index contributed by atoms with van der Waals surface area (Å²) in [5, 5.41) is 0. The third-order valence-corrected chi connectivity index (χ3v) is 5.47. The summed E-state index contributed by atoms with van der Waals surface area (Å²) in [5.41, 5.74) is 6.01. The molecule has 0 fully saturated rings. The lowest BCUT2D eigenvalue weighted by Crippen LogP contribution is -2.38. The average molecular weight is 349 g/mol. The number of rotatable bonds is 6. The van der Waals surface area contributed by atoms with Crippen LogP contribution in [-0.2, 0) is 10.0 Å². The highest BCUT2D eigenvalue weighted by Crippen LogP contribution is 2.24. The van der Waals surface area contributed by atoms with Gasteiger partial charge in [-0.1, -0.05) is 42.6 Å². The Morgan fingerprint density at radius 1 is 1.32 bits per heavy atom. The van der Waals surface area contributed by atoms with Crippen molar-refractivity contribution in [2.75, 3.05) is 5.73 Å². The number of benzene rings is 1. The van der Waals surface area contributed by atoms with E-state index in [1.54, 1.807) is 12.1 Å². The molecule has 1 unspecified atom stereocenters. The van der Waals surface area contributed by atoms with Gasteiger partial charge in [0.1, 0.15) is 4.90 Å². The Morgan fingerprint density at radius 2 is 1.89 bits per heavy atom. The van der Waals surface area contributed by atoms with Gasteiger partial charge in [-0.25, -0.2) is 13.1 Å². The maximum Gasteiger partial charge on any atom is 0.242 e. The number of nitrogens with two attached hydrogens (primary N) is 1. The van der Waals surface area contributed by atoms with Crippen LogP contribution in [0.25, 0.3) is 0 Å². The van der Waals surface area contributed by atoms with Crippen LogP contribution in [0.4, 0.5) is 5.69 Å². The molecule has 0 aromatic heterocycles. The Labute approximate surface area is 124 Å². The molecule has 108 valence electrons. The second kappa shape index (κ2) is 6.72. The lowest BCUT2D eigenvalue weighted by Gasteiger charge is -2.22. The summed E-state index contributed by atoms with van der Waals surface area (Å²) < 4.78 is 28.1. The van der Waals surface area contributed by atoms with Crippen molar-refractivity contribution in [1.29, 1.82) is 0 Å². The first-order chi connectivity index (χ1) is 8.81. The van der Waals surface area contributed by atoms with Gasteiger partial charge in [0.25, 0.3) is 0 Å². The van der Waals surface area contributed by atoms with Crippen molar-refractivity contribution < 1.29 is 8.42 Å². The molecule has 0 saturated carbocycles. The van der Waals surface area contributed by atoms with E-state index in [-0.39, 0.29) is 16.6 Å². The van der Waals surface area contributed by atoms with Gasteiger partial charge in [0.05, 0.1) is 5.69 Å². The maximum absolute atomic E-state index is 12.3. The van der Waals surface area contributed by atoms with Crippen LogP contribution in [0.1, 0.15) is 33.6 Å². The quantitative estimate of drug-likeness (QED) is 0.775. The van der Waals surface area contributed by atoms with Gasteiger partial charge >= 0.3 is 0 Å². The van der Waals surface area contributed by atoms with E-state index in [1.807, 2.05) is 6.92 Å². The van der Waals surface area contributed by atoms with Crippen molar-refractivity contribution in [3.63, 3.8) is 0 Å². The molecule has 3 N–H and O–H groups in total. The number of nitrogens with one attached hydrogen (secondary N) is 1. The molecule has 1 rings (SSSR count). The monoisotopic (exact) mass is 348 g/mol. The summed E-state index contributed by atoms with van der Waals surface area (Å²) in [6.07, 6.45) is 1.88. The first-order valence-corrected chi connectivity index (χ1v) is 8.66. The third kappa shape index (κ3) is 4.19. The Kier molecular flexibility index (Phi) is 5.82. The molecule has 0 bridgehead atoms. The SMILES string of the molecule is CCC(CC)C(C)NS(=O)(=O)c1cc(Br)ccc1N. The zero-order valence-corrected chi connectivity index (χ0v) is 13.9. The van der Waals surface area contributed by atoms with Crippen molar-refractivity contribution >= 4 is 31.6 Å². The van der Waals surface area contributed by atoms with Crippen molar-refractivity contribution in [3.05, 3.63) is 22.7 Å². The van der Waals surface area contributed by atoms with Crippen LogP contribution in [0.2, 0.25) is 0 Å². The third-order valence-electron chi connectivity index (χ3n) is 3.36. The molecular formula is C13H21BrN2O2S. The van der Waals surface area contributed by atoms with Gasteiger partial charge in [-0.05, 0) is 31.0 Å². The summed E-state index contributed by atoms with van der Waals surface area (Å²) >= 11 is 3.26. The zero-order valence-electron chi connectivity index (χ0n) is 11.5. The van der Waals surface area contributed by atoms with E-state index in [9.17, 15) is 8.42 Å². The minimum atomic E-state index is -3.58. The number of sulfonamides is 1. The Hall–Kier alpha value is -0.590. The van der Waals surface area contributed by atoms with E-state index in [4.69, 9.17) is 5.73 Å². The molecule has 0 radical (unpaired) electrons. The van der Waals surface area contributed by atoms with Crippen molar-refractivity contribution in [2.24, 2.45) is 5.92 Å². The predicted molar refractivity (Wildman–Crippen MR) is 82.4 cm³/mol. The highest BCUT2D eigenvalue weighted by atomic mass is 79.9. The van der Waals surface area contributed by atoms with Gasteiger partial charge in [0, 0.05) is 10.5 Å². The second-order valence-electron chi connectivity index (χ2n) is 4.67. The second-order valence-corrected chi connectivity index (χ2v) is 7.27. The fourth-order valence-corrected chi connectivity index (χ4v) is 4.12. The molecular weight excluding hydrogens is 328 g/mol. The average Bonchev–Trinajstić information content (AvgIpc) is 2.33. The van der Waals surface area contributed by atoms with E-state index < -0.39 is 10.0 Å². The molecule has 1 aromatic rings. The topological polar surface area (TPSA) is 72.2 Å². The van der Waals surface area contributed by atoms with E-state index in [1.165, 1.54) is 6.07 Å². The first kappa shape index (κ1) is 16.5. The van der Waals surface area contributed by atoms with Gasteiger partial charge in [-0.3, -0.25) is 0 Å². The van der Waals surface area contributed by atoms with Crippen LogP contribution in [0.3, 0.4) is 0 Å². The Balaban J connectivity index is 3.01. The van der Waals surface area contributed by atoms with Gasteiger partial charge in [0.15, 0.2) is 0 Å². The van der Waals surface area contributed by atoms with E-state index in [0.717, 1.165) is 12.8 Å². The van der Waals surface area contributed by atoms with Crippen molar-refractivity contribution in [3.8, 4) is 0 Å². The Morgan fingerprint density at radius 3 is 2.42 bits per heavy atom. The van der Waals surface area contributed by atoms with E-state index >= 15 is 0 Å². The normalized spacial score (nSPS) is 13.7. The van der Waals surface area contributed by atoms with E-state index in [2.05, 4.69) is 34.5 Å². The predicted octanol–water partition coefficient (Wildman–Crippen LogP) is 3.13. The molecule has 0 spiro atoms. The summed E-state index contributed by atoms with van der Waals surface area (Å²) in [5.74, 6) is 0.322. The largest absolute Gasteiger partial charge is 0.398 e. The summed E-state index contributed by atoms with van der Waals surface area (Å²) in [4.78, 5) is 0.125. The minimum Gasteiger partial charge on any atom is -0.398 e. The lowest BCUT2D eigenvalue weighted by molar-refractivity contribution is 0.391. The fourth-order valence-electron chi connectivity index (χ4n) is 2.14. The minimum absolute atomic E-state index is 0.113. The summed E-state index contributed by atoms with van der Waals surface area (Å²) in [7, 11) is -3.58. The molecule has 1 aromatic carbocycles. The molecule has 4 nitrogen and oxygen atoms in total. The van der Waals surface area contributed by atoms with Gasteiger partial charge < -0.3 is 5.73 Å². The smallest absolute Gasteiger partial charge is 0.242 e. The molecule has 0 amide bonds. The molecule has 0 heterocycles. The van der Waals surface area contributed by atoms with Crippen LogP contribution in [0.15, 0.2) is 27.6 Å². The molecule has 1 atom stereocenters. The van der Waals surface area contributed by atoms with Crippen LogP contribution in [0, 0.1) is 5.92 Å². The highest BCUT2D eigenvalue weighted by molar-refractivity contribution is 9.10. The summed E-state index contributed by atoms with van der Waals surface area (Å²) in [6, 6.07) is 4.72. The molecule has 0 aliphatic rings. The van der Waals surface area contributed by atoms with Crippen molar-refractivity contribution in [2.45, 2.75) is 44.6 Å². The number of halogens is 1. The lowest BCUT2D eigenvalue weighted by atomic mass is 9.96. The molecule has 0 aliphatic heterocycles. The standard InChI is InChI=1S/C13H21BrN2O2S/c1-4-10(5-2)9(3)16-19(17,18)13-8-11(14)6-7-12(13)15/h6-10,16H,4-5,15H2,1-3H3. The number of nitrogen functional groups attached to an aromatic ring is 1. The first-order valence-electron chi connectivity index (χ1n) is 6.39. The van der Waals surface area contributed by atoms with Crippen molar-refractivity contribution in [1.82, 2.24) is 4.72 Å². The van der Waals surface area contributed by atoms with Gasteiger partial charge in [0.2, 0.25) is 10.0 Å². The van der Waals surface area contributed by atoms with Gasteiger partial charge in [-0.15, -0.1) is 0 Å². The zero-order chi connectivity index (χ0) is 14.6. The molecule has 6 heteroatoms. The van der Waals surface area contributed by atoms with E-state index in [0.29, 0.717) is 10.4 Å². The van der Waals surface area contributed by atoms with Crippen LogP contribution >= 0.6 is 15.9 Å². The fraction of sp³-hybridized carbons (Fsp3) is 0.538. The number of anilines is 1. The molecule has 0 aliphatic carbocycles. The van der Waals surface area contributed by atoms with Crippen LogP contribution in [-0.4, -0.2) is 14.5 Å². The molecule has 19 heavy (non-hydrogen) atoms. The van der Waals surface area contributed by atoms with Crippen LogP contribution < -0.4 is 10.5 Å².